The standard InChI is InChI=1S/C15H18N2O3S/c1-3-10-17-11-13(8-9-15(17)18)16-21(19,20)14-7-5-4-6-12(14)2/h4-9,11,16H,3,10H2,1-2H3. The van der Waals surface area contributed by atoms with Crippen LogP contribution in [0.15, 0.2) is 52.3 Å². The van der Waals surface area contributed by atoms with Gasteiger partial charge in [0.05, 0.1) is 10.6 Å². The molecule has 0 atom stereocenters. The number of aromatic nitrogens is 1. The van der Waals surface area contributed by atoms with Crippen LogP contribution in [0.5, 0.6) is 0 Å². The third-order valence-corrected chi connectivity index (χ3v) is 4.62. The zero-order valence-electron chi connectivity index (χ0n) is 12.0. The van der Waals surface area contributed by atoms with Crippen LogP contribution >= 0.6 is 0 Å². The van der Waals surface area contributed by atoms with Gasteiger partial charge < -0.3 is 4.57 Å². The van der Waals surface area contributed by atoms with E-state index in [1.165, 1.54) is 22.9 Å². The van der Waals surface area contributed by atoms with Crippen molar-refractivity contribution in [3.63, 3.8) is 0 Å². The van der Waals surface area contributed by atoms with Crippen molar-refractivity contribution in [1.29, 1.82) is 0 Å². The lowest BCUT2D eigenvalue weighted by molar-refractivity contribution is 0.600. The fourth-order valence-corrected chi connectivity index (χ4v) is 3.37. The van der Waals surface area contributed by atoms with Gasteiger partial charge in [-0.1, -0.05) is 25.1 Å². The fraction of sp³-hybridized carbons (Fsp3) is 0.267. The zero-order valence-corrected chi connectivity index (χ0v) is 12.9. The van der Waals surface area contributed by atoms with Gasteiger partial charge in [0.1, 0.15) is 0 Å². The molecule has 0 radical (unpaired) electrons. The maximum Gasteiger partial charge on any atom is 0.262 e. The Morgan fingerprint density at radius 1 is 1.14 bits per heavy atom. The maximum absolute atomic E-state index is 12.4. The molecule has 5 nitrogen and oxygen atoms in total. The molecule has 0 saturated heterocycles. The van der Waals surface area contributed by atoms with E-state index in [1.807, 2.05) is 6.92 Å². The summed E-state index contributed by atoms with van der Waals surface area (Å²) in [7, 11) is -3.65. The largest absolute Gasteiger partial charge is 0.313 e. The highest BCUT2D eigenvalue weighted by Crippen LogP contribution is 2.18. The highest BCUT2D eigenvalue weighted by molar-refractivity contribution is 7.92. The molecule has 0 aliphatic carbocycles. The number of nitrogens with zero attached hydrogens (tertiary/aromatic N) is 1. The minimum Gasteiger partial charge on any atom is -0.313 e. The van der Waals surface area contributed by atoms with Crippen LogP contribution < -0.4 is 10.3 Å². The number of hydrogen-bond acceptors (Lipinski definition) is 3. The SMILES string of the molecule is CCCn1cc(NS(=O)(=O)c2ccccc2C)ccc1=O. The molecule has 6 heteroatoms. The van der Waals surface area contributed by atoms with Crippen LogP contribution in [-0.4, -0.2) is 13.0 Å². The summed E-state index contributed by atoms with van der Waals surface area (Å²) in [5.41, 5.74) is 0.911. The number of nitrogens with one attached hydrogen (secondary N) is 1. The van der Waals surface area contributed by atoms with Crippen molar-refractivity contribution < 1.29 is 8.42 Å². The molecule has 21 heavy (non-hydrogen) atoms. The van der Waals surface area contributed by atoms with Crippen molar-refractivity contribution in [2.75, 3.05) is 4.72 Å². The summed E-state index contributed by atoms with van der Waals surface area (Å²) in [6, 6.07) is 9.61. The Labute approximate surface area is 124 Å². The Hall–Kier alpha value is -2.08. The lowest BCUT2D eigenvalue weighted by Crippen LogP contribution is -2.21. The lowest BCUT2D eigenvalue weighted by atomic mass is 10.2. The molecule has 112 valence electrons. The Balaban J connectivity index is 2.35. The van der Waals surface area contributed by atoms with Gasteiger partial charge >= 0.3 is 0 Å². The third kappa shape index (κ3) is 3.52. The highest BCUT2D eigenvalue weighted by Gasteiger charge is 2.16. The summed E-state index contributed by atoms with van der Waals surface area (Å²) in [6.45, 7) is 4.25. The number of aryl methyl sites for hydroxylation is 2. The van der Waals surface area contributed by atoms with E-state index < -0.39 is 10.0 Å². The van der Waals surface area contributed by atoms with Gasteiger partial charge in [0.2, 0.25) is 0 Å². The molecular weight excluding hydrogens is 288 g/mol. The van der Waals surface area contributed by atoms with Crippen LogP contribution in [0.3, 0.4) is 0 Å². The molecular formula is C15H18N2O3S. The minimum absolute atomic E-state index is 0.143. The molecule has 2 rings (SSSR count). The smallest absolute Gasteiger partial charge is 0.262 e. The average molecular weight is 306 g/mol. The van der Waals surface area contributed by atoms with Crippen molar-refractivity contribution in [2.24, 2.45) is 0 Å². The topological polar surface area (TPSA) is 68.2 Å². The summed E-state index contributed by atoms with van der Waals surface area (Å²) < 4.78 is 28.8. The van der Waals surface area contributed by atoms with Crippen molar-refractivity contribution in [1.82, 2.24) is 4.57 Å². The molecule has 0 spiro atoms. The first-order valence-electron chi connectivity index (χ1n) is 6.73. The van der Waals surface area contributed by atoms with Gasteiger partial charge in [0.25, 0.3) is 15.6 Å². The molecule has 1 N–H and O–H groups in total. The van der Waals surface area contributed by atoms with Gasteiger partial charge in [-0.15, -0.1) is 0 Å². The molecule has 0 unspecified atom stereocenters. The molecule has 2 aromatic rings. The second-order valence-electron chi connectivity index (χ2n) is 4.82. The van der Waals surface area contributed by atoms with Gasteiger partial charge in [0, 0.05) is 18.8 Å². The van der Waals surface area contributed by atoms with Gasteiger partial charge in [-0.25, -0.2) is 8.42 Å². The summed E-state index contributed by atoms with van der Waals surface area (Å²) in [4.78, 5) is 11.9. The van der Waals surface area contributed by atoms with E-state index in [2.05, 4.69) is 4.72 Å². The zero-order chi connectivity index (χ0) is 15.5. The Morgan fingerprint density at radius 2 is 1.86 bits per heavy atom. The Kier molecular flexibility index (Phi) is 4.47. The molecule has 0 fully saturated rings. The Morgan fingerprint density at radius 3 is 2.52 bits per heavy atom. The normalized spacial score (nSPS) is 11.3. The van der Waals surface area contributed by atoms with Gasteiger partial charge in [0.15, 0.2) is 0 Å². The van der Waals surface area contributed by atoms with Crippen LogP contribution in [-0.2, 0) is 16.6 Å². The van der Waals surface area contributed by atoms with Crippen molar-refractivity contribution in [2.45, 2.75) is 31.7 Å². The maximum atomic E-state index is 12.4. The predicted octanol–water partition coefficient (Wildman–Crippen LogP) is 2.37. The van der Waals surface area contributed by atoms with E-state index in [0.717, 1.165) is 6.42 Å². The van der Waals surface area contributed by atoms with E-state index in [-0.39, 0.29) is 10.5 Å². The van der Waals surface area contributed by atoms with Crippen molar-refractivity contribution in [3.8, 4) is 0 Å². The van der Waals surface area contributed by atoms with Crippen LogP contribution in [0.1, 0.15) is 18.9 Å². The van der Waals surface area contributed by atoms with Gasteiger partial charge in [-0.2, -0.15) is 0 Å². The molecule has 0 aliphatic rings. The summed E-state index contributed by atoms with van der Waals surface area (Å²) >= 11 is 0. The summed E-state index contributed by atoms with van der Waals surface area (Å²) in [5.74, 6) is 0. The molecule has 0 aliphatic heterocycles. The molecule has 0 amide bonds. The fourth-order valence-electron chi connectivity index (χ4n) is 2.08. The van der Waals surface area contributed by atoms with E-state index in [4.69, 9.17) is 0 Å². The monoisotopic (exact) mass is 306 g/mol. The van der Waals surface area contributed by atoms with Crippen molar-refractivity contribution >= 4 is 15.7 Å². The highest BCUT2D eigenvalue weighted by atomic mass is 32.2. The number of sulfonamides is 1. The van der Waals surface area contributed by atoms with Crippen LogP contribution in [0.25, 0.3) is 0 Å². The third-order valence-electron chi connectivity index (χ3n) is 3.08. The summed E-state index contributed by atoms with van der Waals surface area (Å²) in [6.07, 6.45) is 2.33. The van der Waals surface area contributed by atoms with E-state index >= 15 is 0 Å². The van der Waals surface area contributed by atoms with E-state index in [9.17, 15) is 13.2 Å². The van der Waals surface area contributed by atoms with Crippen molar-refractivity contribution in [3.05, 3.63) is 58.5 Å². The first-order valence-corrected chi connectivity index (χ1v) is 8.21. The first kappa shape index (κ1) is 15.3. The van der Waals surface area contributed by atoms with Crippen LogP contribution in [0.4, 0.5) is 5.69 Å². The minimum atomic E-state index is -3.65. The molecule has 1 aromatic heterocycles. The van der Waals surface area contributed by atoms with E-state index in [0.29, 0.717) is 17.8 Å². The van der Waals surface area contributed by atoms with E-state index in [1.54, 1.807) is 31.2 Å². The van der Waals surface area contributed by atoms with Gasteiger partial charge in [-0.3, -0.25) is 9.52 Å². The predicted molar refractivity (Wildman–Crippen MR) is 83.0 cm³/mol. The summed E-state index contributed by atoms with van der Waals surface area (Å²) in [5, 5.41) is 0. The molecule has 1 heterocycles. The number of anilines is 1. The van der Waals surface area contributed by atoms with Crippen LogP contribution in [0.2, 0.25) is 0 Å². The number of hydrogen-bond donors (Lipinski definition) is 1. The Bertz CT molecular complexity index is 795. The average Bonchev–Trinajstić information content (AvgIpc) is 2.43. The quantitative estimate of drug-likeness (QED) is 0.922. The molecule has 0 bridgehead atoms. The number of pyridine rings is 1. The molecule has 0 saturated carbocycles. The lowest BCUT2D eigenvalue weighted by Gasteiger charge is -2.11. The number of benzene rings is 1. The molecule has 1 aromatic carbocycles. The second-order valence-corrected chi connectivity index (χ2v) is 6.47. The second kappa shape index (κ2) is 6.13. The van der Waals surface area contributed by atoms with Crippen LogP contribution in [0, 0.1) is 6.92 Å². The number of rotatable bonds is 5. The van der Waals surface area contributed by atoms with Gasteiger partial charge in [-0.05, 0) is 31.0 Å². The first-order chi connectivity index (χ1) is 9.94.